The van der Waals surface area contributed by atoms with Crippen molar-refractivity contribution in [1.29, 1.82) is 0 Å². The second kappa shape index (κ2) is 5.57. The first kappa shape index (κ1) is 13.6. The normalized spacial score (nSPS) is 25.6. The van der Waals surface area contributed by atoms with Crippen molar-refractivity contribution in [2.24, 2.45) is 5.41 Å². The highest BCUT2D eigenvalue weighted by atomic mass is 16.2. The number of hydrogen-bond acceptors (Lipinski definition) is 2. The number of fused-ring (bicyclic) bond motifs is 1. The number of hydrogen-bond donors (Lipinski definition) is 2. The summed E-state index contributed by atoms with van der Waals surface area (Å²) >= 11 is 0. The molecule has 1 aliphatic carbocycles. The van der Waals surface area contributed by atoms with Crippen LogP contribution in [0.3, 0.4) is 0 Å². The van der Waals surface area contributed by atoms with E-state index in [1.54, 1.807) is 0 Å². The third-order valence-electron chi connectivity index (χ3n) is 4.84. The van der Waals surface area contributed by atoms with E-state index >= 15 is 0 Å². The number of nitrogens with one attached hydrogen (secondary N) is 2. The predicted molar refractivity (Wildman–Crippen MR) is 80.6 cm³/mol. The Hall–Kier alpha value is -1.35. The molecule has 2 N–H and O–H groups in total. The lowest BCUT2D eigenvalue weighted by molar-refractivity contribution is -0.131. The van der Waals surface area contributed by atoms with E-state index in [0.717, 1.165) is 45.2 Å². The molecule has 3 heteroatoms. The van der Waals surface area contributed by atoms with E-state index in [1.807, 2.05) is 0 Å². The van der Waals surface area contributed by atoms with Crippen LogP contribution in [0.15, 0.2) is 24.3 Å². The number of rotatable bonds is 4. The van der Waals surface area contributed by atoms with Gasteiger partial charge in [0.2, 0.25) is 5.91 Å². The lowest BCUT2D eigenvalue weighted by Gasteiger charge is -2.28. The average molecular weight is 272 g/mol. The summed E-state index contributed by atoms with van der Waals surface area (Å²) in [6.07, 6.45) is 5.01. The summed E-state index contributed by atoms with van der Waals surface area (Å²) in [7, 11) is 0. The first-order valence-corrected chi connectivity index (χ1v) is 7.82. The van der Waals surface area contributed by atoms with E-state index in [1.165, 1.54) is 11.1 Å². The van der Waals surface area contributed by atoms with E-state index in [2.05, 4.69) is 41.8 Å². The van der Waals surface area contributed by atoms with Crippen molar-refractivity contribution >= 4 is 5.91 Å². The van der Waals surface area contributed by atoms with Gasteiger partial charge >= 0.3 is 0 Å². The topological polar surface area (TPSA) is 41.1 Å². The summed E-state index contributed by atoms with van der Waals surface area (Å²) in [4.78, 5) is 12.7. The average Bonchev–Trinajstić information content (AvgIpc) is 3.05. The zero-order valence-electron chi connectivity index (χ0n) is 12.2. The molecule has 2 aliphatic rings. The van der Waals surface area contributed by atoms with Crippen LogP contribution in [0.4, 0.5) is 0 Å². The molecule has 1 fully saturated rings. The molecule has 1 saturated heterocycles. The third-order valence-corrected chi connectivity index (χ3v) is 4.84. The molecular formula is C17H24N2O. The molecule has 0 radical (unpaired) electrons. The predicted octanol–water partition coefficient (Wildman–Crippen LogP) is 2.05. The first-order chi connectivity index (χ1) is 9.73. The Morgan fingerprint density at radius 2 is 2.05 bits per heavy atom. The van der Waals surface area contributed by atoms with Crippen LogP contribution in [-0.2, 0) is 17.6 Å². The van der Waals surface area contributed by atoms with Gasteiger partial charge in [0, 0.05) is 12.6 Å². The second-order valence-electron chi connectivity index (χ2n) is 6.30. The van der Waals surface area contributed by atoms with Crippen LogP contribution in [0.25, 0.3) is 0 Å². The van der Waals surface area contributed by atoms with Gasteiger partial charge in [0.25, 0.3) is 0 Å². The van der Waals surface area contributed by atoms with E-state index in [9.17, 15) is 4.79 Å². The Labute approximate surface area is 121 Å². The molecule has 0 bridgehead atoms. The van der Waals surface area contributed by atoms with Crippen LogP contribution in [0, 0.1) is 5.41 Å². The molecule has 0 saturated carbocycles. The van der Waals surface area contributed by atoms with Crippen molar-refractivity contribution in [3.05, 3.63) is 35.4 Å². The second-order valence-corrected chi connectivity index (χ2v) is 6.30. The van der Waals surface area contributed by atoms with Crippen LogP contribution in [-0.4, -0.2) is 25.0 Å². The lowest BCUT2D eigenvalue weighted by Crippen LogP contribution is -2.47. The Kier molecular flexibility index (Phi) is 3.79. The minimum atomic E-state index is -0.163. The van der Waals surface area contributed by atoms with Crippen molar-refractivity contribution in [2.75, 3.05) is 13.1 Å². The molecule has 1 aromatic carbocycles. The van der Waals surface area contributed by atoms with E-state index in [0.29, 0.717) is 0 Å². The van der Waals surface area contributed by atoms with Crippen molar-refractivity contribution < 1.29 is 4.79 Å². The monoisotopic (exact) mass is 272 g/mol. The molecule has 3 rings (SSSR count). The van der Waals surface area contributed by atoms with Gasteiger partial charge in [0.15, 0.2) is 0 Å². The molecule has 0 spiro atoms. The molecule has 1 heterocycles. The molecular weight excluding hydrogens is 248 g/mol. The van der Waals surface area contributed by atoms with E-state index in [4.69, 9.17) is 0 Å². The molecule has 1 aromatic rings. The van der Waals surface area contributed by atoms with Gasteiger partial charge in [0.1, 0.15) is 0 Å². The van der Waals surface area contributed by atoms with Crippen LogP contribution >= 0.6 is 0 Å². The fourth-order valence-corrected chi connectivity index (χ4v) is 3.74. The Balaban J connectivity index is 1.65. The van der Waals surface area contributed by atoms with Gasteiger partial charge in [-0.1, -0.05) is 37.6 Å². The number of amides is 1. The standard InChI is InChI=1S/C17H24N2O/c1-2-7-17(8-9-18-12-17)16(20)19-15-10-13-5-3-4-6-14(13)11-15/h3-6,15,18H,2,7-12H2,1H3,(H,19,20). The van der Waals surface area contributed by atoms with Gasteiger partial charge in [-0.3, -0.25) is 4.79 Å². The van der Waals surface area contributed by atoms with Crippen LogP contribution in [0.1, 0.15) is 37.3 Å². The van der Waals surface area contributed by atoms with Crippen molar-refractivity contribution in [2.45, 2.75) is 45.1 Å². The van der Waals surface area contributed by atoms with Crippen LogP contribution in [0.2, 0.25) is 0 Å². The molecule has 3 nitrogen and oxygen atoms in total. The highest BCUT2D eigenvalue weighted by Gasteiger charge is 2.41. The zero-order valence-corrected chi connectivity index (χ0v) is 12.2. The molecule has 1 atom stereocenters. The van der Waals surface area contributed by atoms with E-state index < -0.39 is 0 Å². The highest BCUT2D eigenvalue weighted by molar-refractivity contribution is 5.83. The van der Waals surface area contributed by atoms with Gasteiger partial charge in [-0.15, -0.1) is 0 Å². The molecule has 0 aromatic heterocycles. The SMILES string of the molecule is CCCC1(C(=O)NC2Cc3ccccc3C2)CCNC1. The quantitative estimate of drug-likeness (QED) is 0.881. The van der Waals surface area contributed by atoms with Gasteiger partial charge in [-0.2, -0.15) is 0 Å². The maximum atomic E-state index is 12.7. The largest absolute Gasteiger partial charge is 0.352 e. The van der Waals surface area contributed by atoms with Crippen molar-refractivity contribution in [3.8, 4) is 0 Å². The third kappa shape index (κ3) is 2.47. The van der Waals surface area contributed by atoms with Gasteiger partial charge in [-0.05, 0) is 43.4 Å². The minimum absolute atomic E-state index is 0.163. The summed E-state index contributed by atoms with van der Waals surface area (Å²) in [6.45, 7) is 3.98. The summed E-state index contributed by atoms with van der Waals surface area (Å²) in [5.74, 6) is 0.266. The summed E-state index contributed by atoms with van der Waals surface area (Å²) < 4.78 is 0. The maximum Gasteiger partial charge on any atom is 0.227 e. The smallest absolute Gasteiger partial charge is 0.227 e. The van der Waals surface area contributed by atoms with E-state index in [-0.39, 0.29) is 17.4 Å². The molecule has 108 valence electrons. The summed E-state index contributed by atoms with van der Waals surface area (Å²) in [5.41, 5.74) is 2.63. The van der Waals surface area contributed by atoms with Crippen molar-refractivity contribution in [3.63, 3.8) is 0 Å². The number of benzene rings is 1. The highest BCUT2D eigenvalue weighted by Crippen LogP contribution is 2.32. The number of carbonyl (C=O) groups is 1. The Morgan fingerprint density at radius 1 is 1.35 bits per heavy atom. The fourth-order valence-electron chi connectivity index (χ4n) is 3.74. The zero-order chi connectivity index (χ0) is 14.0. The van der Waals surface area contributed by atoms with Crippen LogP contribution < -0.4 is 10.6 Å². The Morgan fingerprint density at radius 3 is 2.60 bits per heavy atom. The first-order valence-electron chi connectivity index (χ1n) is 7.82. The Bertz CT molecular complexity index is 467. The fraction of sp³-hybridized carbons (Fsp3) is 0.588. The molecule has 1 aliphatic heterocycles. The van der Waals surface area contributed by atoms with Gasteiger partial charge in [-0.25, -0.2) is 0 Å². The number of carbonyl (C=O) groups excluding carboxylic acids is 1. The molecule has 1 unspecified atom stereocenters. The maximum absolute atomic E-state index is 12.7. The lowest BCUT2D eigenvalue weighted by atomic mass is 9.81. The van der Waals surface area contributed by atoms with Gasteiger partial charge < -0.3 is 10.6 Å². The van der Waals surface area contributed by atoms with Crippen LogP contribution in [0.5, 0.6) is 0 Å². The van der Waals surface area contributed by atoms with Gasteiger partial charge in [0.05, 0.1) is 5.41 Å². The summed E-state index contributed by atoms with van der Waals surface area (Å²) in [5, 5.41) is 6.67. The molecule has 20 heavy (non-hydrogen) atoms. The molecule has 1 amide bonds. The minimum Gasteiger partial charge on any atom is -0.352 e. The van der Waals surface area contributed by atoms with Crippen molar-refractivity contribution in [1.82, 2.24) is 10.6 Å². The summed E-state index contributed by atoms with van der Waals surface area (Å²) in [6, 6.07) is 8.82.